The molecule has 5 heteroatoms. The van der Waals surface area contributed by atoms with E-state index < -0.39 is 12.0 Å². The lowest BCUT2D eigenvalue weighted by atomic mass is 9.67. The first-order chi connectivity index (χ1) is 14.3. The van der Waals surface area contributed by atoms with Crippen LogP contribution in [0.1, 0.15) is 65.7 Å². The van der Waals surface area contributed by atoms with Gasteiger partial charge in [0.1, 0.15) is 6.10 Å². The second kappa shape index (κ2) is 8.58. The minimum absolute atomic E-state index is 0.0246. The van der Waals surface area contributed by atoms with E-state index in [1.54, 1.807) is 0 Å². The molecule has 2 N–H and O–H groups in total. The van der Waals surface area contributed by atoms with E-state index in [0.717, 1.165) is 32.1 Å². The lowest BCUT2D eigenvalue weighted by molar-refractivity contribution is -0.151. The van der Waals surface area contributed by atoms with Crippen LogP contribution in [0.5, 0.6) is 0 Å². The van der Waals surface area contributed by atoms with Gasteiger partial charge in [0.25, 0.3) is 0 Å². The zero-order valence-corrected chi connectivity index (χ0v) is 18.4. The predicted molar refractivity (Wildman–Crippen MR) is 113 cm³/mol. The van der Waals surface area contributed by atoms with Crippen molar-refractivity contribution in [3.63, 3.8) is 0 Å². The summed E-state index contributed by atoms with van der Waals surface area (Å²) in [5, 5.41) is 20.9. The third kappa shape index (κ3) is 3.91. The van der Waals surface area contributed by atoms with Crippen LogP contribution in [0.2, 0.25) is 0 Å². The Hall–Kier alpha value is -1.46. The van der Waals surface area contributed by atoms with Gasteiger partial charge in [-0.15, -0.1) is 0 Å². The van der Waals surface area contributed by atoms with Gasteiger partial charge < -0.3 is 14.9 Å². The average molecular weight is 417 g/mol. The number of rotatable bonds is 1. The van der Waals surface area contributed by atoms with Crippen LogP contribution in [0, 0.1) is 35.5 Å². The summed E-state index contributed by atoms with van der Waals surface area (Å²) in [6.45, 7) is 5.96. The van der Waals surface area contributed by atoms with Crippen molar-refractivity contribution in [1.29, 1.82) is 0 Å². The Morgan fingerprint density at radius 1 is 1.07 bits per heavy atom. The SMILES string of the molecule is CCC1CCCC(O)C(C)C(=O)C2=CC3C(C=C(C)C4CC(O)CC43)C2CC(=O)O1. The first kappa shape index (κ1) is 21.8. The Morgan fingerprint density at radius 2 is 1.83 bits per heavy atom. The summed E-state index contributed by atoms with van der Waals surface area (Å²) in [6.07, 6.45) is 7.76. The van der Waals surface area contributed by atoms with Crippen molar-refractivity contribution >= 4 is 11.8 Å². The molecule has 0 radical (unpaired) electrons. The Balaban J connectivity index is 1.69. The van der Waals surface area contributed by atoms with Gasteiger partial charge in [0.2, 0.25) is 0 Å². The number of fused-ring (bicyclic) bond motifs is 5. The van der Waals surface area contributed by atoms with Gasteiger partial charge >= 0.3 is 5.97 Å². The van der Waals surface area contributed by atoms with E-state index in [1.807, 2.05) is 13.8 Å². The second-order valence-corrected chi connectivity index (χ2v) is 10.1. The zero-order valence-electron chi connectivity index (χ0n) is 18.4. The first-order valence-corrected chi connectivity index (χ1v) is 11.8. The summed E-state index contributed by atoms with van der Waals surface area (Å²) < 4.78 is 5.77. The summed E-state index contributed by atoms with van der Waals surface area (Å²) >= 11 is 0. The molecule has 0 spiro atoms. The third-order valence-corrected chi connectivity index (χ3v) is 8.24. The van der Waals surface area contributed by atoms with Crippen LogP contribution < -0.4 is 0 Å². The Bertz CT molecular complexity index is 753. The number of Topliss-reactive ketones (excluding diaryl/α,β-unsaturated/α-hetero) is 1. The summed E-state index contributed by atoms with van der Waals surface area (Å²) in [6, 6.07) is 0. The molecular weight excluding hydrogens is 380 g/mol. The van der Waals surface area contributed by atoms with Crippen LogP contribution in [0.3, 0.4) is 0 Å². The van der Waals surface area contributed by atoms with Crippen molar-refractivity contribution in [1.82, 2.24) is 0 Å². The number of allylic oxidation sites excluding steroid dienone is 4. The zero-order chi connectivity index (χ0) is 21.6. The maximum absolute atomic E-state index is 13.4. The quantitative estimate of drug-likeness (QED) is 0.504. The highest BCUT2D eigenvalue weighted by molar-refractivity contribution is 5.99. The number of cyclic esters (lactones) is 1. The lowest BCUT2D eigenvalue weighted by Gasteiger charge is -2.37. The Morgan fingerprint density at radius 3 is 2.57 bits per heavy atom. The van der Waals surface area contributed by atoms with Crippen LogP contribution >= 0.6 is 0 Å². The standard InChI is InChI=1S/C25H36O5/c1-4-16-6-5-7-23(27)14(3)25(29)22-11-20-18(21(22)12-24(28)30-16)8-13(2)17-9-15(26)10-19(17)20/h8,11,14-21,23,26-27H,4-7,9-10,12H2,1-3H3. The smallest absolute Gasteiger partial charge is 0.306 e. The van der Waals surface area contributed by atoms with Gasteiger partial charge in [0.15, 0.2) is 5.78 Å². The molecule has 0 bridgehead atoms. The van der Waals surface area contributed by atoms with Gasteiger partial charge in [-0.25, -0.2) is 0 Å². The molecule has 4 rings (SSSR count). The Labute approximate surface area is 179 Å². The fraction of sp³-hybridized carbons (Fsp3) is 0.760. The van der Waals surface area contributed by atoms with Gasteiger partial charge in [-0.05, 0) is 74.7 Å². The number of esters is 1. The fourth-order valence-electron chi connectivity index (χ4n) is 6.49. The maximum Gasteiger partial charge on any atom is 0.306 e. The monoisotopic (exact) mass is 416 g/mol. The largest absolute Gasteiger partial charge is 0.462 e. The van der Waals surface area contributed by atoms with Crippen molar-refractivity contribution < 1.29 is 24.5 Å². The minimum atomic E-state index is -0.673. The van der Waals surface area contributed by atoms with Crippen molar-refractivity contribution in [3.8, 4) is 0 Å². The third-order valence-electron chi connectivity index (χ3n) is 8.24. The number of carbonyl (C=O) groups is 2. The predicted octanol–water partition coefficient (Wildman–Crippen LogP) is 3.58. The number of aliphatic hydroxyl groups is 2. The first-order valence-electron chi connectivity index (χ1n) is 11.8. The normalized spacial score (nSPS) is 44.6. The molecule has 30 heavy (non-hydrogen) atoms. The molecular formula is C25H36O5. The number of aliphatic hydroxyl groups excluding tert-OH is 2. The van der Waals surface area contributed by atoms with Gasteiger partial charge in [-0.3, -0.25) is 9.59 Å². The highest BCUT2D eigenvalue weighted by Crippen LogP contribution is 2.55. The topological polar surface area (TPSA) is 83.8 Å². The van der Waals surface area contributed by atoms with Crippen LogP contribution in [-0.2, 0) is 14.3 Å². The lowest BCUT2D eigenvalue weighted by Crippen LogP contribution is -2.34. The van der Waals surface area contributed by atoms with E-state index in [2.05, 4.69) is 19.1 Å². The van der Waals surface area contributed by atoms with Gasteiger partial charge in [0, 0.05) is 11.8 Å². The fourth-order valence-corrected chi connectivity index (χ4v) is 6.49. The van der Waals surface area contributed by atoms with Gasteiger partial charge in [0.05, 0.1) is 18.6 Å². The van der Waals surface area contributed by atoms with Crippen molar-refractivity contribution in [2.24, 2.45) is 35.5 Å². The molecule has 4 aliphatic rings. The second-order valence-electron chi connectivity index (χ2n) is 10.1. The molecule has 0 aromatic rings. The molecule has 0 aromatic carbocycles. The van der Waals surface area contributed by atoms with Gasteiger partial charge in [-0.1, -0.05) is 31.6 Å². The Kier molecular flexibility index (Phi) is 6.23. The number of ketones is 1. The van der Waals surface area contributed by atoms with Crippen LogP contribution in [0.15, 0.2) is 23.3 Å². The van der Waals surface area contributed by atoms with E-state index in [-0.39, 0.29) is 48.1 Å². The molecule has 1 saturated heterocycles. The average Bonchev–Trinajstić information content (AvgIpc) is 3.26. The highest BCUT2D eigenvalue weighted by atomic mass is 16.5. The molecule has 1 saturated carbocycles. The van der Waals surface area contributed by atoms with E-state index in [4.69, 9.17) is 4.74 Å². The van der Waals surface area contributed by atoms with Crippen molar-refractivity contribution in [2.45, 2.75) is 84.0 Å². The molecule has 1 heterocycles. The van der Waals surface area contributed by atoms with E-state index in [0.29, 0.717) is 23.8 Å². The molecule has 0 amide bonds. The van der Waals surface area contributed by atoms with Gasteiger partial charge in [-0.2, -0.15) is 0 Å². The summed E-state index contributed by atoms with van der Waals surface area (Å²) in [5.41, 5.74) is 1.98. The highest BCUT2D eigenvalue weighted by Gasteiger charge is 2.51. The van der Waals surface area contributed by atoms with E-state index in [1.165, 1.54) is 5.57 Å². The summed E-state index contributed by atoms with van der Waals surface area (Å²) in [5.74, 6) is 0.0227. The van der Waals surface area contributed by atoms with Crippen LogP contribution in [0.4, 0.5) is 0 Å². The number of ether oxygens (including phenoxy) is 1. The van der Waals surface area contributed by atoms with Crippen molar-refractivity contribution in [3.05, 3.63) is 23.3 Å². The minimum Gasteiger partial charge on any atom is -0.462 e. The number of carbonyl (C=O) groups excluding carboxylic acids is 2. The number of hydrogen-bond acceptors (Lipinski definition) is 5. The van der Waals surface area contributed by atoms with Crippen LogP contribution in [0.25, 0.3) is 0 Å². The molecule has 2 fully saturated rings. The molecule has 1 aliphatic heterocycles. The van der Waals surface area contributed by atoms with E-state index >= 15 is 0 Å². The molecule has 5 nitrogen and oxygen atoms in total. The van der Waals surface area contributed by atoms with Crippen molar-refractivity contribution in [2.75, 3.05) is 0 Å². The summed E-state index contributed by atoms with van der Waals surface area (Å²) in [7, 11) is 0. The van der Waals surface area contributed by atoms with Crippen LogP contribution in [-0.4, -0.2) is 40.3 Å². The molecule has 0 aromatic heterocycles. The molecule has 166 valence electrons. The number of hydrogen-bond donors (Lipinski definition) is 2. The molecule has 9 atom stereocenters. The molecule has 9 unspecified atom stereocenters. The maximum atomic E-state index is 13.4. The molecule has 3 aliphatic carbocycles. The van der Waals surface area contributed by atoms with E-state index in [9.17, 15) is 19.8 Å². The summed E-state index contributed by atoms with van der Waals surface area (Å²) in [4.78, 5) is 26.2.